The number of primary amides is 1. The van der Waals surface area contributed by atoms with Crippen LogP contribution in [-0.2, 0) is 4.79 Å². The first-order chi connectivity index (χ1) is 8.38. The minimum Gasteiger partial charge on any atom is -0.368 e. The standard InChI is InChI=1S/C14H19FN2O/c1-14(2,13(16)18)17-12-7-10(8-12)9-4-3-5-11(15)6-9/h3-6,10,12,17H,7-8H2,1-2H3,(H2,16,18). The van der Waals surface area contributed by atoms with Gasteiger partial charge in [-0.05, 0) is 50.3 Å². The van der Waals surface area contributed by atoms with Gasteiger partial charge in [0.05, 0.1) is 5.54 Å². The van der Waals surface area contributed by atoms with Gasteiger partial charge < -0.3 is 11.1 Å². The van der Waals surface area contributed by atoms with E-state index in [-0.39, 0.29) is 17.8 Å². The maximum absolute atomic E-state index is 13.1. The molecule has 0 aromatic heterocycles. The molecule has 1 aliphatic rings. The number of hydrogen-bond donors (Lipinski definition) is 2. The zero-order valence-corrected chi connectivity index (χ0v) is 10.7. The lowest BCUT2D eigenvalue weighted by molar-refractivity contribution is -0.123. The molecule has 0 heterocycles. The minimum atomic E-state index is -0.683. The van der Waals surface area contributed by atoms with Crippen LogP contribution in [0.1, 0.15) is 38.2 Å². The highest BCUT2D eigenvalue weighted by atomic mass is 19.1. The van der Waals surface area contributed by atoms with E-state index in [1.54, 1.807) is 26.0 Å². The molecule has 0 bridgehead atoms. The second kappa shape index (κ2) is 4.69. The van der Waals surface area contributed by atoms with Crippen LogP contribution < -0.4 is 11.1 Å². The van der Waals surface area contributed by atoms with Gasteiger partial charge in [-0.2, -0.15) is 0 Å². The molecule has 3 nitrogen and oxygen atoms in total. The second-order valence-corrected chi connectivity index (χ2v) is 5.55. The van der Waals surface area contributed by atoms with Gasteiger partial charge in [0.25, 0.3) is 0 Å². The topological polar surface area (TPSA) is 55.1 Å². The van der Waals surface area contributed by atoms with Crippen LogP contribution >= 0.6 is 0 Å². The first-order valence-corrected chi connectivity index (χ1v) is 6.21. The molecule has 1 fully saturated rings. The molecule has 0 radical (unpaired) electrons. The average Bonchev–Trinajstić information content (AvgIpc) is 2.22. The van der Waals surface area contributed by atoms with Crippen LogP contribution in [0.15, 0.2) is 24.3 Å². The van der Waals surface area contributed by atoms with E-state index in [0.29, 0.717) is 5.92 Å². The Morgan fingerprint density at radius 2 is 2.11 bits per heavy atom. The van der Waals surface area contributed by atoms with Gasteiger partial charge in [-0.3, -0.25) is 4.79 Å². The Morgan fingerprint density at radius 3 is 2.67 bits per heavy atom. The monoisotopic (exact) mass is 250 g/mol. The lowest BCUT2D eigenvalue weighted by atomic mass is 9.75. The SMILES string of the molecule is CC(C)(NC1CC(c2cccc(F)c2)C1)C(N)=O. The van der Waals surface area contributed by atoms with Crippen LogP contribution in [0, 0.1) is 5.82 Å². The largest absolute Gasteiger partial charge is 0.368 e. The van der Waals surface area contributed by atoms with Crippen molar-refractivity contribution in [1.82, 2.24) is 5.32 Å². The highest BCUT2D eigenvalue weighted by molar-refractivity contribution is 5.83. The van der Waals surface area contributed by atoms with E-state index in [1.807, 2.05) is 6.07 Å². The van der Waals surface area contributed by atoms with Crippen molar-refractivity contribution in [3.05, 3.63) is 35.6 Å². The Morgan fingerprint density at radius 1 is 1.44 bits per heavy atom. The number of hydrogen-bond acceptors (Lipinski definition) is 2. The predicted molar refractivity (Wildman–Crippen MR) is 68.6 cm³/mol. The van der Waals surface area contributed by atoms with Crippen LogP contribution in [0.5, 0.6) is 0 Å². The van der Waals surface area contributed by atoms with Gasteiger partial charge in [-0.1, -0.05) is 12.1 Å². The average molecular weight is 250 g/mol. The molecule has 1 aromatic rings. The summed E-state index contributed by atoms with van der Waals surface area (Å²) in [4.78, 5) is 11.2. The number of halogens is 1. The van der Waals surface area contributed by atoms with Crippen LogP contribution in [-0.4, -0.2) is 17.5 Å². The molecule has 0 saturated heterocycles. The first-order valence-electron chi connectivity index (χ1n) is 6.21. The van der Waals surface area contributed by atoms with E-state index >= 15 is 0 Å². The van der Waals surface area contributed by atoms with Crippen molar-refractivity contribution in [2.24, 2.45) is 5.73 Å². The van der Waals surface area contributed by atoms with Crippen LogP contribution in [0.4, 0.5) is 4.39 Å². The quantitative estimate of drug-likeness (QED) is 0.858. The molecule has 2 rings (SSSR count). The van der Waals surface area contributed by atoms with Crippen molar-refractivity contribution in [3.63, 3.8) is 0 Å². The van der Waals surface area contributed by atoms with Crippen LogP contribution in [0.2, 0.25) is 0 Å². The van der Waals surface area contributed by atoms with E-state index in [9.17, 15) is 9.18 Å². The third-order valence-corrected chi connectivity index (χ3v) is 3.64. The third-order valence-electron chi connectivity index (χ3n) is 3.64. The molecule has 1 amide bonds. The fourth-order valence-electron chi connectivity index (χ4n) is 2.35. The third kappa shape index (κ3) is 2.70. The lowest BCUT2D eigenvalue weighted by Crippen LogP contribution is -2.57. The minimum absolute atomic E-state index is 0.193. The van der Waals surface area contributed by atoms with Gasteiger partial charge in [-0.15, -0.1) is 0 Å². The van der Waals surface area contributed by atoms with Crippen molar-refractivity contribution in [3.8, 4) is 0 Å². The van der Waals surface area contributed by atoms with Crippen molar-refractivity contribution in [1.29, 1.82) is 0 Å². The molecule has 3 N–H and O–H groups in total. The summed E-state index contributed by atoms with van der Waals surface area (Å²) in [5.74, 6) is -0.167. The number of carbonyl (C=O) groups excluding carboxylic acids is 1. The normalized spacial score (nSPS) is 23.5. The van der Waals surface area contributed by atoms with Gasteiger partial charge in [-0.25, -0.2) is 4.39 Å². The Balaban J connectivity index is 1.90. The number of benzene rings is 1. The number of nitrogens with two attached hydrogens (primary N) is 1. The fourth-order valence-corrected chi connectivity index (χ4v) is 2.35. The second-order valence-electron chi connectivity index (χ2n) is 5.55. The summed E-state index contributed by atoms with van der Waals surface area (Å²) < 4.78 is 13.1. The van der Waals surface area contributed by atoms with Gasteiger partial charge >= 0.3 is 0 Å². The number of amides is 1. The van der Waals surface area contributed by atoms with Crippen LogP contribution in [0.3, 0.4) is 0 Å². The number of rotatable bonds is 4. The van der Waals surface area contributed by atoms with Gasteiger partial charge in [0.15, 0.2) is 0 Å². The summed E-state index contributed by atoms with van der Waals surface area (Å²) in [6.45, 7) is 3.57. The molecule has 1 aliphatic carbocycles. The fraction of sp³-hybridized carbons (Fsp3) is 0.500. The van der Waals surface area contributed by atoms with Crippen LogP contribution in [0.25, 0.3) is 0 Å². The maximum Gasteiger partial charge on any atom is 0.237 e. The van der Waals surface area contributed by atoms with E-state index in [4.69, 9.17) is 5.73 Å². The molecule has 1 aromatic carbocycles. The summed E-state index contributed by atoms with van der Waals surface area (Å²) in [7, 11) is 0. The van der Waals surface area contributed by atoms with E-state index in [0.717, 1.165) is 18.4 Å². The molecule has 0 unspecified atom stereocenters. The predicted octanol–water partition coefficient (Wildman–Crippen LogP) is 1.93. The summed E-state index contributed by atoms with van der Waals surface area (Å²) >= 11 is 0. The summed E-state index contributed by atoms with van der Waals surface area (Å²) in [6.07, 6.45) is 1.83. The molecule has 1 saturated carbocycles. The van der Waals surface area contributed by atoms with Gasteiger partial charge in [0.1, 0.15) is 5.82 Å². The molecule has 4 heteroatoms. The van der Waals surface area contributed by atoms with Gasteiger partial charge in [0, 0.05) is 6.04 Å². The Labute approximate surface area is 107 Å². The van der Waals surface area contributed by atoms with E-state index in [1.165, 1.54) is 6.07 Å². The molecule has 18 heavy (non-hydrogen) atoms. The van der Waals surface area contributed by atoms with Gasteiger partial charge in [0.2, 0.25) is 5.91 Å². The highest BCUT2D eigenvalue weighted by Gasteiger charge is 2.36. The first kappa shape index (κ1) is 13.0. The zero-order chi connectivity index (χ0) is 13.3. The molecule has 0 atom stereocenters. The van der Waals surface area contributed by atoms with Crippen molar-refractivity contribution in [2.75, 3.05) is 0 Å². The zero-order valence-electron chi connectivity index (χ0n) is 10.7. The lowest BCUT2D eigenvalue weighted by Gasteiger charge is -2.40. The maximum atomic E-state index is 13.1. The molecule has 98 valence electrons. The molecule has 0 spiro atoms. The van der Waals surface area contributed by atoms with Crippen molar-refractivity contribution in [2.45, 2.75) is 44.2 Å². The summed E-state index contributed by atoms with van der Waals surface area (Å²) in [6, 6.07) is 7.00. The van der Waals surface area contributed by atoms with Crippen molar-refractivity contribution >= 4 is 5.91 Å². The number of carbonyl (C=O) groups is 1. The molecule has 0 aliphatic heterocycles. The smallest absolute Gasteiger partial charge is 0.237 e. The van der Waals surface area contributed by atoms with E-state index in [2.05, 4.69) is 5.32 Å². The molecular formula is C14H19FN2O. The molecular weight excluding hydrogens is 231 g/mol. The Bertz CT molecular complexity index is 453. The Kier molecular flexibility index (Phi) is 3.39. The highest BCUT2D eigenvalue weighted by Crippen LogP contribution is 2.37. The Hall–Kier alpha value is -1.42. The summed E-state index contributed by atoms with van der Waals surface area (Å²) in [5, 5.41) is 3.24. The van der Waals surface area contributed by atoms with Crippen molar-refractivity contribution < 1.29 is 9.18 Å². The summed E-state index contributed by atoms with van der Waals surface area (Å²) in [5.41, 5.74) is 5.66. The number of nitrogens with one attached hydrogen (secondary N) is 1. The van der Waals surface area contributed by atoms with E-state index < -0.39 is 5.54 Å².